The third-order valence-electron chi connectivity index (χ3n) is 9.05. The van der Waals surface area contributed by atoms with Gasteiger partial charge in [-0.3, -0.25) is 0 Å². The number of nitrogens with zero attached hydrogens (tertiary/aromatic N) is 2. The van der Waals surface area contributed by atoms with E-state index in [-0.39, 0.29) is 0 Å². The van der Waals surface area contributed by atoms with Crippen LogP contribution in [0.1, 0.15) is 187 Å². The first-order valence-electron chi connectivity index (χ1n) is 18.5. The van der Waals surface area contributed by atoms with Crippen molar-refractivity contribution in [2.24, 2.45) is 0 Å². The van der Waals surface area contributed by atoms with Gasteiger partial charge in [0, 0.05) is 6.42 Å². The number of aryl methyl sites for hydroxylation is 1. The van der Waals surface area contributed by atoms with Crippen molar-refractivity contribution in [2.75, 3.05) is 0 Å². The van der Waals surface area contributed by atoms with E-state index in [1.165, 1.54) is 191 Å². The summed E-state index contributed by atoms with van der Waals surface area (Å²) < 4.78 is 5.00. The number of benzene rings is 1. The van der Waals surface area contributed by atoms with Gasteiger partial charge in [-0.15, -0.1) is 0 Å². The van der Waals surface area contributed by atoms with E-state index in [2.05, 4.69) is 65.7 Å². The molecule has 2 nitrogen and oxygen atoms in total. The second-order valence-electron chi connectivity index (χ2n) is 12.8. The Morgan fingerprint density at radius 3 is 1.29 bits per heavy atom. The minimum Gasteiger partial charge on any atom is -0.234 e. The molecule has 1 heterocycles. The standard InChI is InChI=1S/C39H69N2/c1-3-5-7-9-11-13-14-15-16-17-18-19-20-22-24-26-31-35-40-36-37-41(38-32-28-27-29-33-38)39(40)34-30-25-23-21-12-10-8-6-4-2/h27-29,32-33,36-37H,3-26,30-31,34-35H2,1-2H3/q+1. The highest BCUT2D eigenvalue weighted by atomic mass is 15.1. The first-order valence-corrected chi connectivity index (χ1v) is 18.5. The van der Waals surface area contributed by atoms with Gasteiger partial charge in [0.2, 0.25) is 0 Å². The van der Waals surface area contributed by atoms with Crippen molar-refractivity contribution in [1.29, 1.82) is 0 Å². The molecule has 2 aromatic rings. The summed E-state index contributed by atoms with van der Waals surface area (Å²) in [5, 5.41) is 0. The van der Waals surface area contributed by atoms with Gasteiger partial charge in [-0.1, -0.05) is 180 Å². The molecule has 0 radical (unpaired) electrons. The molecule has 234 valence electrons. The summed E-state index contributed by atoms with van der Waals surface area (Å²) in [6, 6.07) is 11.0. The van der Waals surface area contributed by atoms with Crippen molar-refractivity contribution < 1.29 is 4.57 Å². The Bertz CT molecular complexity index is 808. The molecule has 2 rings (SSSR count). The lowest BCUT2D eigenvalue weighted by Crippen LogP contribution is -2.37. The Morgan fingerprint density at radius 2 is 0.854 bits per heavy atom. The van der Waals surface area contributed by atoms with E-state index in [0.29, 0.717) is 0 Å². The Balaban J connectivity index is 1.55. The number of unbranched alkanes of at least 4 members (excludes halogenated alkanes) is 24. The summed E-state index contributed by atoms with van der Waals surface area (Å²) in [4.78, 5) is 0. The molecule has 0 aliphatic rings. The topological polar surface area (TPSA) is 8.81 Å². The van der Waals surface area contributed by atoms with Gasteiger partial charge in [-0.2, -0.15) is 4.57 Å². The van der Waals surface area contributed by atoms with Crippen LogP contribution in [0.5, 0.6) is 0 Å². The van der Waals surface area contributed by atoms with E-state index in [9.17, 15) is 0 Å². The highest BCUT2D eigenvalue weighted by Crippen LogP contribution is 2.16. The average Bonchev–Trinajstić information content (AvgIpc) is 3.40. The van der Waals surface area contributed by atoms with Gasteiger partial charge >= 0.3 is 0 Å². The van der Waals surface area contributed by atoms with Gasteiger partial charge in [-0.05, 0) is 31.4 Å². The fourth-order valence-corrected chi connectivity index (χ4v) is 6.35. The van der Waals surface area contributed by atoms with E-state index in [1.807, 2.05) is 0 Å². The maximum atomic E-state index is 2.56. The lowest BCUT2D eigenvalue weighted by Gasteiger charge is -2.07. The maximum absolute atomic E-state index is 2.56. The molecule has 1 aromatic heterocycles. The SMILES string of the molecule is CCCCCCCCCCCCCCCCCCC[n+]1ccn(-c2ccccc2)c1CCCCCCCCCCC. The van der Waals surface area contributed by atoms with Crippen LogP contribution in [0.3, 0.4) is 0 Å². The number of hydrogen-bond donors (Lipinski definition) is 0. The summed E-state index contributed by atoms with van der Waals surface area (Å²) in [7, 11) is 0. The minimum atomic E-state index is 1.17. The Kier molecular flexibility index (Phi) is 22.7. The Labute approximate surface area is 256 Å². The molecule has 0 amide bonds. The number of imidazole rings is 1. The van der Waals surface area contributed by atoms with Gasteiger partial charge in [0.05, 0.1) is 6.54 Å². The molecule has 0 spiro atoms. The fourth-order valence-electron chi connectivity index (χ4n) is 6.35. The van der Waals surface area contributed by atoms with Gasteiger partial charge in [0.15, 0.2) is 0 Å². The smallest absolute Gasteiger partial charge is 0.234 e. The second kappa shape index (κ2) is 26.1. The van der Waals surface area contributed by atoms with Crippen LogP contribution in [0.2, 0.25) is 0 Å². The molecule has 0 aliphatic carbocycles. The Hall–Kier alpha value is -1.57. The predicted molar refractivity (Wildman–Crippen MR) is 181 cm³/mol. The number of hydrogen-bond acceptors (Lipinski definition) is 0. The highest BCUT2D eigenvalue weighted by Gasteiger charge is 2.18. The molecular formula is C39H69N2+. The van der Waals surface area contributed by atoms with Crippen molar-refractivity contribution in [2.45, 2.75) is 194 Å². The van der Waals surface area contributed by atoms with Crippen molar-refractivity contribution in [3.8, 4) is 5.69 Å². The molecule has 0 aliphatic heterocycles. The number of para-hydroxylation sites is 1. The molecule has 0 atom stereocenters. The van der Waals surface area contributed by atoms with Crippen LogP contribution in [0.25, 0.3) is 5.69 Å². The van der Waals surface area contributed by atoms with Crippen molar-refractivity contribution >= 4 is 0 Å². The van der Waals surface area contributed by atoms with E-state index in [4.69, 9.17) is 0 Å². The largest absolute Gasteiger partial charge is 0.261 e. The molecular weight excluding hydrogens is 496 g/mol. The molecule has 0 N–H and O–H groups in total. The van der Waals surface area contributed by atoms with Gasteiger partial charge in [0.25, 0.3) is 5.82 Å². The normalized spacial score (nSPS) is 11.5. The zero-order chi connectivity index (χ0) is 29.1. The fraction of sp³-hybridized carbons (Fsp3) is 0.769. The van der Waals surface area contributed by atoms with Gasteiger partial charge < -0.3 is 0 Å². The molecule has 2 heteroatoms. The quantitative estimate of drug-likeness (QED) is 0.0685. The zero-order valence-electron chi connectivity index (χ0n) is 27.7. The van der Waals surface area contributed by atoms with Crippen LogP contribution < -0.4 is 4.57 Å². The first-order chi connectivity index (χ1) is 20.4. The summed E-state index contributed by atoms with van der Waals surface area (Å²) >= 11 is 0. The molecule has 0 fully saturated rings. The molecule has 0 saturated heterocycles. The number of aromatic nitrogens is 2. The van der Waals surface area contributed by atoms with E-state index in [1.54, 1.807) is 0 Å². The van der Waals surface area contributed by atoms with Crippen molar-refractivity contribution in [3.05, 3.63) is 48.5 Å². The average molecular weight is 566 g/mol. The monoisotopic (exact) mass is 566 g/mol. The molecule has 41 heavy (non-hydrogen) atoms. The van der Waals surface area contributed by atoms with E-state index < -0.39 is 0 Å². The van der Waals surface area contributed by atoms with Crippen LogP contribution >= 0.6 is 0 Å². The third-order valence-corrected chi connectivity index (χ3v) is 9.05. The van der Waals surface area contributed by atoms with Crippen LogP contribution in [0.15, 0.2) is 42.7 Å². The summed E-state index contributed by atoms with van der Waals surface area (Å²) in [5.41, 5.74) is 1.31. The summed E-state index contributed by atoms with van der Waals surface area (Å²) in [6.45, 7) is 5.78. The van der Waals surface area contributed by atoms with E-state index in [0.717, 1.165) is 0 Å². The van der Waals surface area contributed by atoms with Crippen molar-refractivity contribution in [1.82, 2.24) is 4.57 Å². The zero-order valence-corrected chi connectivity index (χ0v) is 27.7. The molecule has 0 saturated carbocycles. The Morgan fingerprint density at radius 1 is 0.463 bits per heavy atom. The summed E-state index contributed by atoms with van der Waals surface area (Å²) in [6.07, 6.45) is 42.8. The van der Waals surface area contributed by atoms with Gasteiger partial charge in [0.1, 0.15) is 18.1 Å². The summed E-state index contributed by atoms with van der Waals surface area (Å²) in [5.74, 6) is 1.50. The molecule has 0 unspecified atom stereocenters. The van der Waals surface area contributed by atoms with Crippen LogP contribution in [-0.4, -0.2) is 4.57 Å². The predicted octanol–water partition coefficient (Wildman–Crippen LogP) is 12.5. The van der Waals surface area contributed by atoms with Crippen LogP contribution in [-0.2, 0) is 13.0 Å². The maximum Gasteiger partial charge on any atom is 0.261 e. The molecule has 0 bridgehead atoms. The van der Waals surface area contributed by atoms with Crippen LogP contribution in [0, 0.1) is 0 Å². The van der Waals surface area contributed by atoms with Crippen molar-refractivity contribution in [3.63, 3.8) is 0 Å². The van der Waals surface area contributed by atoms with Gasteiger partial charge in [-0.25, -0.2) is 4.57 Å². The third kappa shape index (κ3) is 17.9. The molecule has 1 aromatic carbocycles. The van der Waals surface area contributed by atoms with Crippen LogP contribution in [0.4, 0.5) is 0 Å². The van der Waals surface area contributed by atoms with E-state index >= 15 is 0 Å². The first kappa shape index (κ1) is 35.6. The number of rotatable bonds is 29. The highest BCUT2D eigenvalue weighted by molar-refractivity contribution is 5.31. The second-order valence-corrected chi connectivity index (χ2v) is 12.8. The lowest BCUT2D eigenvalue weighted by atomic mass is 10.0. The lowest BCUT2D eigenvalue weighted by molar-refractivity contribution is -0.704. The minimum absolute atomic E-state index is 1.17.